The number of rotatable bonds is 0. The summed E-state index contributed by atoms with van der Waals surface area (Å²) in [5, 5.41) is 6.40. The molecule has 0 saturated carbocycles. The van der Waals surface area contributed by atoms with Gasteiger partial charge in [-0.3, -0.25) is 0 Å². The molecular weight excluding hydrogens is 210 g/mol. The first kappa shape index (κ1) is 8.26. The average molecular weight is 218 g/mol. The summed E-state index contributed by atoms with van der Waals surface area (Å²) in [6, 6.07) is -0.237. The second kappa shape index (κ2) is 3.04. The number of aryl methyl sites for hydroxylation is 1. The molecule has 0 aliphatic carbocycles. The summed E-state index contributed by atoms with van der Waals surface area (Å²) in [4.78, 5) is 10.9. The molecule has 0 spiro atoms. The Morgan fingerprint density at radius 1 is 1.82 bits per heavy atom. The number of aromatic nitrogens is 2. The SMILES string of the molecule is CNC(=O)n1cc(Br)c(C)n1. The minimum absolute atomic E-state index is 0.237. The Kier molecular flexibility index (Phi) is 2.28. The van der Waals surface area contributed by atoms with Gasteiger partial charge in [0.05, 0.1) is 16.4 Å². The summed E-state index contributed by atoms with van der Waals surface area (Å²) in [5.74, 6) is 0. The molecule has 0 fully saturated rings. The lowest BCUT2D eigenvalue weighted by Gasteiger charge is -1.95. The van der Waals surface area contributed by atoms with E-state index in [4.69, 9.17) is 0 Å². The molecule has 60 valence electrons. The van der Waals surface area contributed by atoms with E-state index in [1.165, 1.54) is 4.68 Å². The van der Waals surface area contributed by atoms with Gasteiger partial charge in [0.2, 0.25) is 0 Å². The fraction of sp³-hybridized carbons (Fsp3) is 0.333. The van der Waals surface area contributed by atoms with Crippen molar-refractivity contribution in [3.8, 4) is 0 Å². The third kappa shape index (κ3) is 1.59. The number of nitrogens with one attached hydrogen (secondary N) is 1. The van der Waals surface area contributed by atoms with E-state index in [-0.39, 0.29) is 6.03 Å². The van der Waals surface area contributed by atoms with Crippen LogP contribution in [-0.2, 0) is 0 Å². The molecule has 0 atom stereocenters. The standard InChI is InChI=1S/C6H8BrN3O/c1-4-5(7)3-10(9-4)6(11)8-2/h3H,1-2H3,(H,8,11). The first-order valence-corrected chi connectivity index (χ1v) is 3.88. The number of halogens is 1. The molecule has 0 aromatic carbocycles. The molecule has 1 rings (SSSR count). The van der Waals surface area contributed by atoms with Gasteiger partial charge in [0, 0.05) is 7.05 Å². The van der Waals surface area contributed by atoms with E-state index in [9.17, 15) is 4.79 Å². The number of amides is 1. The van der Waals surface area contributed by atoms with Gasteiger partial charge < -0.3 is 5.32 Å². The van der Waals surface area contributed by atoms with Crippen molar-refractivity contribution in [1.82, 2.24) is 15.1 Å². The molecule has 0 saturated heterocycles. The molecule has 1 amide bonds. The minimum Gasteiger partial charge on any atom is -0.339 e. The Bertz CT molecular complexity index is 262. The molecule has 1 aromatic heterocycles. The van der Waals surface area contributed by atoms with E-state index in [0.29, 0.717) is 0 Å². The largest absolute Gasteiger partial charge is 0.341 e. The Morgan fingerprint density at radius 3 is 2.82 bits per heavy atom. The smallest absolute Gasteiger partial charge is 0.339 e. The van der Waals surface area contributed by atoms with Crippen LogP contribution >= 0.6 is 15.9 Å². The number of carbonyl (C=O) groups is 1. The highest BCUT2D eigenvalue weighted by atomic mass is 79.9. The highest BCUT2D eigenvalue weighted by molar-refractivity contribution is 9.10. The van der Waals surface area contributed by atoms with Crippen LogP contribution in [0.15, 0.2) is 10.7 Å². The Balaban J connectivity index is 2.97. The minimum atomic E-state index is -0.237. The van der Waals surface area contributed by atoms with Gasteiger partial charge in [0.15, 0.2) is 0 Å². The van der Waals surface area contributed by atoms with Crippen LogP contribution in [0.5, 0.6) is 0 Å². The fourth-order valence-corrected chi connectivity index (χ4v) is 0.931. The van der Waals surface area contributed by atoms with Crippen molar-refractivity contribution in [2.24, 2.45) is 0 Å². The van der Waals surface area contributed by atoms with E-state index >= 15 is 0 Å². The Labute approximate surface area is 72.7 Å². The van der Waals surface area contributed by atoms with Gasteiger partial charge in [-0.2, -0.15) is 9.78 Å². The molecule has 0 aliphatic rings. The summed E-state index contributed by atoms with van der Waals surface area (Å²) in [6.07, 6.45) is 1.62. The van der Waals surface area contributed by atoms with Crippen LogP contribution < -0.4 is 5.32 Å². The zero-order valence-electron chi connectivity index (χ0n) is 6.26. The zero-order valence-corrected chi connectivity index (χ0v) is 7.84. The van der Waals surface area contributed by atoms with Gasteiger partial charge in [-0.25, -0.2) is 4.79 Å². The van der Waals surface area contributed by atoms with Crippen molar-refractivity contribution in [2.75, 3.05) is 7.05 Å². The quantitative estimate of drug-likeness (QED) is 0.709. The molecule has 1 heterocycles. The van der Waals surface area contributed by atoms with Crippen LogP contribution in [0.4, 0.5) is 4.79 Å². The number of hydrogen-bond acceptors (Lipinski definition) is 2. The summed E-state index contributed by atoms with van der Waals surface area (Å²) >= 11 is 3.25. The van der Waals surface area contributed by atoms with E-state index in [1.54, 1.807) is 13.2 Å². The van der Waals surface area contributed by atoms with Gasteiger partial charge >= 0.3 is 6.03 Å². The zero-order chi connectivity index (χ0) is 8.43. The molecule has 5 heteroatoms. The van der Waals surface area contributed by atoms with Crippen LogP contribution in [0.1, 0.15) is 5.69 Å². The van der Waals surface area contributed by atoms with Crippen molar-refractivity contribution >= 4 is 22.0 Å². The maximum atomic E-state index is 10.9. The lowest BCUT2D eigenvalue weighted by Crippen LogP contribution is -2.24. The number of carbonyl (C=O) groups excluding carboxylic acids is 1. The summed E-state index contributed by atoms with van der Waals surface area (Å²) in [5.41, 5.74) is 0.800. The van der Waals surface area contributed by atoms with E-state index < -0.39 is 0 Å². The van der Waals surface area contributed by atoms with Crippen molar-refractivity contribution in [3.05, 3.63) is 16.4 Å². The van der Waals surface area contributed by atoms with Crippen LogP contribution in [0, 0.1) is 6.92 Å². The van der Waals surface area contributed by atoms with Crippen LogP contribution in [0.3, 0.4) is 0 Å². The molecule has 0 bridgehead atoms. The van der Waals surface area contributed by atoms with Crippen molar-refractivity contribution in [2.45, 2.75) is 6.92 Å². The first-order valence-electron chi connectivity index (χ1n) is 3.09. The lowest BCUT2D eigenvalue weighted by atomic mass is 10.5. The third-order valence-corrected chi connectivity index (χ3v) is 2.04. The van der Waals surface area contributed by atoms with Gasteiger partial charge in [-0.15, -0.1) is 0 Å². The average Bonchev–Trinajstić information content (AvgIpc) is 2.31. The van der Waals surface area contributed by atoms with E-state index in [1.807, 2.05) is 6.92 Å². The summed E-state index contributed by atoms with van der Waals surface area (Å²) in [7, 11) is 1.56. The van der Waals surface area contributed by atoms with Crippen LogP contribution in [0.25, 0.3) is 0 Å². The predicted octanol–water partition coefficient (Wildman–Crippen LogP) is 1.14. The molecule has 4 nitrogen and oxygen atoms in total. The molecule has 1 aromatic rings. The Morgan fingerprint density at radius 2 is 2.45 bits per heavy atom. The van der Waals surface area contributed by atoms with Crippen LogP contribution in [-0.4, -0.2) is 22.9 Å². The second-order valence-electron chi connectivity index (χ2n) is 2.06. The van der Waals surface area contributed by atoms with Crippen molar-refractivity contribution in [1.29, 1.82) is 0 Å². The molecular formula is C6H8BrN3O. The number of nitrogens with zero attached hydrogens (tertiary/aromatic N) is 2. The summed E-state index contributed by atoms with van der Waals surface area (Å²) in [6.45, 7) is 1.82. The van der Waals surface area contributed by atoms with Gasteiger partial charge in [0.1, 0.15) is 0 Å². The molecule has 11 heavy (non-hydrogen) atoms. The second-order valence-corrected chi connectivity index (χ2v) is 2.92. The normalized spacial score (nSPS) is 9.73. The molecule has 1 N–H and O–H groups in total. The topological polar surface area (TPSA) is 46.9 Å². The maximum Gasteiger partial charge on any atom is 0.341 e. The molecule has 0 aliphatic heterocycles. The van der Waals surface area contributed by atoms with Crippen molar-refractivity contribution < 1.29 is 4.79 Å². The Hall–Kier alpha value is -0.840. The maximum absolute atomic E-state index is 10.9. The fourth-order valence-electron chi connectivity index (χ4n) is 0.658. The molecule has 0 radical (unpaired) electrons. The monoisotopic (exact) mass is 217 g/mol. The predicted molar refractivity (Wildman–Crippen MR) is 44.5 cm³/mol. The van der Waals surface area contributed by atoms with E-state index in [0.717, 1.165) is 10.2 Å². The number of hydrogen-bond donors (Lipinski definition) is 1. The first-order chi connectivity index (χ1) is 5.15. The van der Waals surface area contributed by atoms with Gasteiger partial charge in [-0.1, -0.05) is 0 Å². The van der Waals surface area contributed by atoms with Crippen LogP contribution in [0.2, 0.25) is 0 Å². The molecule has 0 unspecified atom stereocenters. The van der Waals surface area contributed by atoms with Crippen molar-refractivity contribution in [3.63, 3.8) is 0 Å². The lowest BCUT2D eigenvalue weighted by molar-refractivity contribution is 0.241. The summed E-state index contributed by atoms with van der Waals surface area (Å²) < 4.78 is 2.08. The van der Waals surface area contributed by atoms with E-state index in [2.05, 4.69) is 26.3 Å². The highest BCUT2D eigenvalue weighted by Crippen LogP contribution is 2.12. The highest BCUT2D eigenvalue weighted by Gasteiger charge is 2.05. The van der Waals surface area contributed by atoms with Gasteiger partial charge in [-0.05, 0) is 22.9 Å². The third-order valence-electron chi connectivity index (χ3n) is 1.26. The van der Waals surface area contributed by atoms with Gasteiger partial charge in [0.25, 0.3) is 0 Å².